The Morgan fingerprint density at radius 3 is 2.63 bits per heavy atom. The number of rotatable bonds is 5. The number of carbonyl (C=O) groups excluding carboxylic acids is 1. The van der Waals surface area contributed by atoms with Gasteiger partial charge in [0, 0.05) is 18.3 Å². The van der Waals surface area contributed by atoms with Crippen LogP contribution in [0.5, 0.6) is 0 Å². The standard InChI is InChI=1S/C23H28N4O3/c1-14(2)16-6-8-17(9-7-16)20-12-26-27-15(3)19(11-24-21(20)27)22(28)25-10-18-13-29-23(4,5)30-18/h6-9,11-12,14,18H,10,13H2,1-5H3,(H,25,28). The molecule has 1 aliphatic rings. The maximum atomic E-state index is 12.7. The quantitative estimate of drug-likeness (QED) is 0.696. The van der Waals surface area contributed by atoms with Crippen molar-refractivity contribution in [3.63, 3.8) is 0 Å². The van der Waals surface area contributed by atoms with Gasteiger partial charge in [0.25, 0.3) is 5.91 Å². The molecule has 7 nitrogen and oxygen atoms in total. The molecule has 1 aliphatic heterocycles. The van der Waals surface area contributed by atoms with Crippen LogP contribution in [0.15, 0.2) is 36.7 Å². The third-order valence-corrected chi connectivity index (χ3v) is 5.46. The fraction of sp³-hybridized carbons (Fsp3) is 0.435. The molecule has 3 aromatic rings. The van der Waals surface area contributed by atoms with Crippen LogP contribution in [0.2, 0.25) is 0 Å². The highest BCUT2D eigenvalue weighted by Crippen LogP contribution is 2.26. The van der Waals surface area contributed by atoms with Gasteiger partial charge in [-0.15, -0.1) is 0 Å². The highest BCUT2D eigenvalue weighted by atomic mass is 16.7. The maximum absolute atomic E-state index is 12.7. The Morgan fingerprint density at radius 2 is 2.00 bits per heavy atom. The summed E-state index contributed by atoms with van der Waals surface area (Å²) >= 11 is 0. The smallest absolute Gasteiger partial charge is 0.254 e. The van der Waals surface area contributed by atoms with Crippen molar-refractivity contribution in [2.75, 3.05) is 13.2 Å². The monoisotopic (exact) mass is 408 g/mol. The normalized spacial score (nSPS) is 18.3. The average molecular weight is 409 g/mol. The van der Waals surface area contributed by atoms with E-state index in [4.69, 9.17) is 9.47 Å². The summed E-state index contributed by atoms with van der Waals surface area (Å²) in [5, 5.41) is 7.40. The highest BCUT2D eigenvalue weighted by molar-refractivity contribution is 5.95. The molecule has 1 saturated heterocycles. The zero-order valence-corrected chi connectivity index (χ0v) is 18.1. The van der Waals surface area contributed by atoms with Crippen molar-refractivity contribution in [2.24, 2.45) is 0 Å². The molecule has 1 fully saturated rings. The zero-order chi connectivity index (χ0) is 21.5. The first-order valence-corrected chi connectivity index (χ1v) is 10.3. The van der Waals surface area contributed by atoms with E-state index in [0.717, 1.165) is 22.5 Å². The molecule has 158 valence electrons. The van der Waals surface area contributed by atoms with Crippen molar-refractivity contribution in [3.05, 3.63) is 53.5 Å². The highest BCUT2D eigenvalue weighted by Gasteiger charge is 2.32. The van der Waals surface area contributed by atoms with Gasteiger partial charge in [0.15, 0.2) is 11.4 Å². The molecule has 4 rings (SSSR count). The van der Waals surface area contributed by atoms with Crippen LogP contribution in [-0.2, 0) is 9.47 Å². The molecule has 1 atom stereocenters. The van der Waals surface area contributed by atoms with E-state index in [-0.39, 0.29) is 12.0 Å². The van der Waals surface area contributed by atoms with E-state index < -0.39 is 5.79 Å². The van der Waals surface area contributed by atoms with Crippen molar-refractivity contribution in [3.8, 4) is 11.1 Å². The van der Waals surface area contributed by atoms with E-state index >= 15 is 0 Å². The molecule has 0 spiro atoms. The second-order valence-electron chi connectivity index (χ2n) is 8.49. The van der Waals surface area contributed by atoms with Gasteiger partial charge in [0.1, 0.15) is 6.10 Å². The molecule has 0 radical (unpaired) electrons. The Morgan fingerprint density at radius 1 is 1.27 bits per heavy atom. The predicted octanol–water partition coefficient (Wildman–Crippen LogP) is 3.71. The lowest BCUT2D eigenvalue weighted by atomic mass is 10.00. The fourth-order valence-corrected chi connectivity index (χ4v) is 3.68. The van der Waals surface area contributed by atoms with Gasteiger partial charge in [0.2, 0.25) is 0 Å². The van der Waals surface area contributed by atoms with Gasteiger partial charge in [-0.2, -0.15) is 5.10 Å². The summed E-state index contributed by atoms with van der Waals surface area (Å²) in [7, 11) is 0. The topological polar surface area (TPSA) is 77.8 Å². The van der Waals surface area contributed by atoms with E-state index in [1.807, 2.05) is 20.8 Å². The third-order valence-electron chi connectivity index (χ3n) is 5.46. The van der Waals surface area contributed by atoms with Crippen molar-refractivity contribution in [2.45, 2.75) is 52.4 Å². The number of fused-ring (bicyclic) bond motifs is 1. The van der Waals surface area contributed by atoms with Crippen LogP contribution in [0.25, 0.3) is 16.8 Å². The van der Waals surface area contributed by atoms with Gasteiger partial charge < -0.3 is 14.8 Å². The van der Waals surface area contributed by atoms with Crippen LogP contribution in [0.3, 0.4) is 0 Å². The van der Waals surface area contributed by atoms with E-state index in [1.54, 1.807) is 16.9 Å². The molecule has 1 amide bonds. The molecule has 1 unspecified atom stereocenters. The first-order chi connectivity index (χ1) is 14.2. The zero-order valence-electron chi connectivity index (χ0n) is 18.1. The number of ether oxygens (including phenoxy) is 2. The number of benzene rings is 1. The molecule has 30 heavy (non-hydrogen) atoms. The minimum Gasteiger partial charge on any atom is -0.349 e. The molecule has 3 heterocycles. The molecule has 7 heteroatoms. The summed E-state index contributed by atoms with van der Waals surface area (Å²) in [4.78, 5) is 17.3. The lowest BCUT2D eigenvalue weighted by Gasteiger charge is -2.17. The molecule has 0 bridgehead atoms. The number of amides is 1. The Kier molecular flexibility index (Phi) is 5.34. The van der Waals surface area contributed by atoms with Crippen LogP contribution < -0.4 is 5.32 Å². The summed E-state index contributed by atoms with van der Waals surface area (Å²) in [5.41, 5.74) is 5.25. The van der Waals surface area contributed by atoms with Crippen molar-refractivity contribution >= 4 is 11.6 Å². The lowest BCUT2D eigenvalue weighted by molar-refractivity contribution is -0.137. The van der Waals surface area contributed by atoms with E-state index in [1.165, 1.54) is 5.56 Å². The number of nitrogens with one attached hydrogen (secondary N) is 1. The molecule has 0 saturated carbocycles. The molecule has 0 aliphatic carbocycles. The summed E-state index contributed by atoms with van der Waals surface area (Å²) < 4.78 is 13.0. The summed E-state index contributed by atoms with van der Waals surface area (Å²) in [6.07, 6.45) is 3.25. The van der Waals surface area contributed by atoms with Gasteiger partial charge >= 0.3 is 0 Å². The van der Waals surface area contributed by atoms with E-state index in [2.05, 4.69) is 53.5 Å². The Hall–Kier alpha value is -2.77. The maximum Gasteiger partial charge on any atom is 0.254 e. The van der Waals surface area contributed by atoms with Gasteiger partial charge in [-0.3, -0.25) is 4.79 Å². The second kappa shape index (κ2) is 7.81. The third kappa shape index (κ3) is 3.95. The van der Waals surface area contributed by atoms with Crippen molar-refractivity contribution < 1.29 is 14.3 Å². The lowest BCUT2D eigenvalue weighted by Crippen LogP contribution is -2.35. The molecular weight excluding hydrogens is 380 g/mol. The van der Waals surface area contributed by atoms with Crippen LogP contribution in [0, 0.1) is 6.92 Å². The van der Waals surface area contributed by atoms with E-state index in [0.29, 0.717) is 24.6 Å². The number of nitrogens with zero attached hydrogens (tertiary/aromatic N) is 3. The first-order valence-electron chi connectivity index (χ1n) is 10.3. The van der Waals surface area contributed by atoms with Gasteiger partial charge in [-0.05, 0) is 37.8 Å². The summed E-state index contributed by atoms with van der Waals surface area (Å²) in [6, 6.07) is 8.45. The number of aryl methyl sites for hydroxylation is 1. The number of hydrogen-bond acceptors (Lipinski definition) is 5. The van der Waals surface area contributed by atoms with Crippen LogP contribution in [0.4, 0.5) is 0 Å². The second-order valence-corrected chi connectivity index (χ2v) is 8.49. The molecule has 2 aromatic heterocycles. The number of hydrogen-bond donors (Lipinski definition) is 1. The summed E-state index contributed by atoms with van der Waals surface area (Å²) in [6.45, 7) is 10.8. The molecular formula is C23H28N4O3. The first kappa shape index (κ1) is 20.5. The number of aromatic nitrogens is 3. The molecule has 1 N–H and O–H groups in total. The minimum absolute atomic E-state index is 0.161. The average Bonchev–Trinajstić information content (AvgIpc) is 3.30. The summed E-state index contributed by atoms with van der Waals surface area (Å²) in [5.74, 6) is -0.324. The van der Waals surface area contributed by atoms with Crippen LogP contribution in [0.1, 0.15) is 55.2 Å². The van der Waals surface area contributed by atoms with Crippen molar-refractivity contribution in [1.29, 1.82) is 0 Å². The largest absolute Gasteiger partial charge is 0.349 e. The Labute approximate surface area is 176 Å². The van der Waals surface area contributed by atoms with E-state index in [9.17, 15) is 4.79 Å². The fourth-order valence-electron chi connectivity index (χ4n) is 3.68. The van der Waals surface area contributed by atoms with Gasteiger partial charge in [-0.1, -0.05) is 38.1 Å². The number of carbonyl (C=O) groups is 1. The van der Waals surface area contributed by atoms with Crippen molar-refractivity contribution in [1.82, 2.24) is 19.9 Å². The Bertz CT molecular complexity index is 1070. The van der Waals surface area contributed by atoms with Crippen LogP contribution in [-0.4, -0.2) is 45.5 Å². The van der Waals surface area contributed by atoms with Crippen LogP contribution >= 0.6 is 0 Å². The molecule has 1 aromatic carbocycles. The Balaban J connectivity index is 1.54. The SMILES string of the molecule is Cc1c(C(=O)NCC2COC(C)(C)O2)cnc2c(-c3ccc(C(C)C)cc3)cnn12. The van der Waals surface area contributed by atoms with Gasteiger partial charge in [-0.25, -0.2) is 9.50 Å². The predicted molar refractivity (Wildman–Crippen MR) is 114 cm³/mol. The minimum atomic E-state index is -0.607. The van der Waals surface area contributed by atoms with Gasteiger partial charge in [0.05, 0.1) is 24.1 Å².